The number of rotatable bonds is 5. The first-order valence-corrected chi connectivity index (χ1v) is 3.72. The van der Waals surface area contributed by atoms with E-state index in [1.807, 2.05) is 0 Å². The van der Waals surface area contributed by atoms with E-state index in [9.17, 15) is 9.59 Å². The molecule has 0 aromatic rings. The Labute approximate surface area is 72.4 Å². The highest BCUT2D eigenvalue weighted by Gasteiger charge is 2.19. The molecule has 0 rings (SSSR count). The van der Waals surface area contributed by atoms with Crippen LogP contribution in [0.2, 0.25) is 0 Å². The summed E-state index contributed by atoms with van der Waals surface area (Å²) in [5.41, 5.74) is 0.794. The summed E-state index contributed by atoms with van der Waals surface area (Å²) in [5, 5.41) is 0. The van der Waals surface area contributed by atoms with Gasteiger partial charge in [0, 0.05) is 0 Å². The minimum Gasteiger partial charge on any atom is -0.358 e. The fourth-order valence-electron chi connectivity index (χ4n) is 0.747. The van der Waals surface area contributed by atoms with Crippen molar-refractivity contribution < 1.29 is 14.3 Å². The van der Waals surface area contributed by atoms with E-state index in [1.165, 1.54) is 13.8 Å². The lowest BCUT2D eigenvalue weighted by Gasteiger charge is -2.10. The van der Waals surface area contributed by atoms with E-state index < -0.39 is 6.10 Å². The van der Waals surface area contributed by atoms with E-state index in [-0.39, 0.29) is 18.2 Å². The van der Waals surface area contributed by atoms with Crippen molar-refractivity contribution >= 4 is 11.6 Å². The molecule has 0 aliphatic heterocycles. The maximum atomic E-state index is 10.8. The van der Waals surface area contributed by atoms with Crippen LogP contribution < -0.4 is 0 Å². The zero-order valence-corrected chi connectivity index (χ0v) is 7.72. The van der Waals surface area contributed by atoms with Crippen LogP contribution in [0.3, 0.4) is 0 Å². The normalized spacial score (nSPS) is 10.0. The van der Waals surface area contributed by atoms with Gasteiger partial charge in [-0.1, -0.05) is 12.2 Å². The van der Waals surface area contributed by atoms with Crippen molar-refractivity contribution in [1.29, 1.82) is 0 Å². The molecule has 0 saturated heterocycles. The summed E-state index contributed by atoms with van der Waals surface area (Å²) >= 11 is 0. The second-order valence-electron chi connectivity index (χ2n) is 2.87. The predicted molar refractivity (Wildman–Crippen MR) is 45.9 cm³/mol. The van der Waals surface area contributed by atoms with Gasteiger partial charge in [0.25, 0.3) is 0 Å². The Balaban J connectivity index is 4.06. The summed E-state index contributed by atoms with van der Waals surface area (Å²) in [6.07, 6.45) is -0.915. The van der Waals surface area contributed by atoms with E-state index in [0.29, 0.717) is 0 Å². The van der Waals surface area contributed by atoms with Gasteiger partial charge in [0.2, 0.25) is 0 Å². The van der Waals surface area contributed by atoms with Crippen LogP contribution >= 0.6 is 0 Å². The number of Topliss-reactive ketones (excluding diaryl/α,β-unsaturated/α-hetero) is 2. The van der Waals surface area contributed by atoms with Gasteiger partial charge >= 0.3 is 0 Å². The molecule has 0 radical (unpaired) electrons. The molecule has 0 bridgehead atoms. The fraction of sp³-hybridized carbons (Fsp3) is 0.556. The Morgan fingerprint density at radius 1 is 1.25 bits per heavy atom. The molecule has 0 heterocycles. The van der Waals surface area contributed by atoms with Gasteiger partial charge in [0.05, 0.1) is 6.61 Å². The number of ketones is 2. The Bertz CT molecular complexity index is 192. The predicted octanol–water partition coefficient (Wildman–Crippen LogP) is 1.13. The van der Waals surface area contributed by atoms with Crippen molar-refractivity contribution in [2.24, 2.45) is 0 Å². The zero-order valence-electron chi connectivity index (χ0n) is 7.72. The third-order valence-corrected chi connectivity index (χ3v) is 1.23. The molecule has 0 unspecified atom stereocenters. The summed E-state index contributed by atoms with van der Waals surface area (Å²) in [7, 11) is 0. The maximum absolute atomic E-state index is 10.8. The lowest BCUT2D eigenvalue weighted by molar-refractivity contribution is -0.139. The molecule has 0 spiro atoms. The molecule has 12 heavy (non-hydrogen) atoms. The number of carbonyl (C=O) groups excluding carboxylic acids is 2. The van der Waals surface area contributed by atoms with Crippen molar-refractivity contribution in [3.05, 3.63) is 12.2 Å². The van der Waals surface area contributed by atoms with Gasteiger partial charge in [-0.25, -0.2) is 0 Å². The highest BCUT2D eigenvalue weighted by Crippen LogP contribution is 1.99. The topological polar surface area (TPSA) is 43.4 Å². The lowest BCUT2D eigenvalue weighted by atomic mass is 10.2. The smallest absolute Gasteiger partial charge is 0.173 e. The molecule has 0 aromatic heterocycles. The van der Waals surface area contributed by atoms with E-state index in [4.69, 9.17) is 4.74 Å². The largest absolute Gasteiger partial charge is 0.358 e. The van der Waals surface area contributed by atoms with Crippen LogP contribution in [-0.4, -0.2) is 24.3 Å². The molecule has 0 aliphatic carbocycles. The standard InChI is InChI=1S/C9H14O3/c1-6(2)5-12-9(7(3)10)8(4)11/h9H,1,5H2,2-4H3. The lowest BCUT2D eigenvalue weighted by Crippen LogP contribution is -2.29. The molecule has 0 aromatic carbocycles. The summed E-state index contributed by atoms with van der Waals surface area (Å²) in [4.78, 5) is 21.6. The Kier molecular flexibility index (Phi) is 4.44. The number of ether oxygens (including phenoxy) is 1. The Morgan fingerprint density at radius 3 is 1.92 bits per heavy atom. The zero-order chi connectivity index (χ0) is 9.72. The van der Waals surface area contributed by atoms with Crippen LogP contribution in [-0.2, 0) is 14.3 Å². The van der Waals surface area contributed by atoms with E-state index in [2.05, 4.69) is 6.58 Å². The van der Waals surface area contributed by atoms with Gasteiger partial charge in [-0.2, -0.15) is 0 Å². The molecule has 0 aliphatic rings. The van der Waals surface area contributed by atoms with Crippen LogP contribution in [0, 0.1) is 0 Å². The average molecular weight is 170 g/mol. The monoisotopic (exact) mass is 170 g/mol. The second-order valence-corrected chi connectivity index (χ2v) is 2.87. The van der Waals surface area contributed by atoms with Crippen molar-refractivity contribution in [2.75, 3.05) is 6.61 Å². The summed E-state index contributed by atoms with van der Waals surface area (Å²) in [5.74, 6) is -0.521. The van der Waals surface area contributed by atoms with E-state index in [0.717, 1.165) is 5.57 Å². The van der Waals surface area contributed by atoms with Crippen molar-refractivity contribution in [3.63, 3.8) is 0 Å². The molecule has 0 fully saturated rings. The molecule has 0 amide bonds. The van der Waals surface area contributed by atoms with Gasteiger partial charge < -0.3 is 4.74 Å². The minimum atomic E-state index is -0.915. The molecule has 0 atom stereocenters. The molecule has 3 nitrogen and oxygen atoms in total. The first-order valence-electron chi connectivity index (χ1n) is 3.72. The van der Waals surface area contributed by atoms with Crippen molar-refractivity contribution in [1.82, 2.24) is 0 Å². The number of hydrogen-bond donors (Lipinski definition) is 0. The number of carbonyl (C=O) groups is 2. The molecule has 3 heteroatoms. The molecule has 0 N–H and O–H groups in total. The van der Waals surface area contributed by atoms with Gasteiger partial charge in [-0.15, -0.1) is 0 Å². The van der Waals surface area contributed by atoms with Crippen LogP contribution in [0.15, 0.2) is 12.2 Å². The third kappa shape index (κ3) is 4.03. The first kappa shape index (κ1) is 11.0. The van der Waals surface area contributed by atoms with Crippen LogP contribution in [0.4, 0.5) is 0 Å². The Morgan fingerprint density at radius 2 is 1.67 bits per heavy atom. The highest BCUT2D eigenvalue weighted by atomic mass is 16.5. The van der Waals surface area contributed by atoms with Gasteiger partial charge in [0.1, 0.15) is 0 Å². The minimum absolute atomic E-state index is 0.254. The van der Waals surface area contributed by atoms with E-state index >= 15 is 0 Å². The van der Waals surface area contributed by atoms with E-state index in [1.54, 1.807) is 6.92 Å². The summed E-state index contributed by atoms with van der Waals surface area (Å²) in [6, 6.07) is 0. The average Bonchev–Trinajstić information content (AvgIpc) is 1.84. The molecule has 0 saturated carbocycles. The number of hydrogen-bond acceptors (Lipinski definition) is 3. The maximum Gasteiger partial charge on any atom is 0.173 e. The second kappa shape index (κ2) is 4.83. The molecular weight excluding hydrogens is 156 g/mol. The van der Waals surface area contributed by atoms with Gasteiger partial charge in [0.15, 0.2) is 17.7 Å². The fourth-order valence-corrected chi connectivity index (χ4v) is 0.747. The highest BCUT2D eigenvalue weighted by molar-refractivity contribution is 6.03. The summed E-state index contributed by atoms with van der Waals surface area (Å²) in [6.45, 7) is 8.30. The SMILES string of the molecule is C=C(C)COC(C(C)=O)C(C)=O. The quantitative estimate of drug-likeness (QED) is 0.459. The van der Waals surface area contributed by atoms with Crippen LogP contribution in [0.25, 0.3) is 0 Å². The first-order chi connectivity index (χ1) is 5.45. The summed E-state index contributed by atoms with van der Waals surface area (Å²) < 4.78 is 5.03. The van der Waals surface area contributed by atoms with Gasteiger partial charge in [-0.05, 0) is 20.8 Å². The van der Waals surface area contributed by atoms with Crippen LogP contribution in [0.1, 0.15) is 20.8 Å². The molecular formula is C9H14O3. The van der Waals surface area contributed by atoms with Gasteiger partial charge in [-0.3, -0.25) is 9.59 Å². The Hall–Kier alpha value is -0.960. The third-order valence-electron chi connectivity index (χ3n) is 1.23. The molecule has 68 valence electrons. The van der Waals surface area contributed by atoms with Crippen molar-refractivity contribution in [3.8, 4) is 0 Å². The van der Waals surface area contributed by atoms with Crippen molar-refractivity contribution in [2.45, 2.75) is 26.9 Å². The van der Waals surface area contributed by atoms with Crippen LogP contribution in [0.5, 0.6) is 0 Å².